The molecule has 4 heteroatoms. The molecule has 84 valence electrons. The Kier molecular flexibility index (Phi) is 3.83. The minimum Gasteiger partial charge on any atom is -0.496 e. The van der Waals surface area contributed by atoms with E-state index >= 15 is 0 Å². The first kappa shape index (κ1) is 12.0. The Morgan fingerprint density at radius 1 is 1.44 bits per heavy atom. The molecule has 0 fully saturated rings. The highest BCUT2D eigenvalue weighted by molar-refractivity contribution is 5.87. The van der Waals surface area contributed by atoms with Gasteiger partial charge in [-0.25, -0.2) is 4.79 Å². The zero-order valence-corrected chi connectivity index (χ0v) is 9.06. The normalized spacial score (nSPS) is 10.4. The Balaban J connectivity index is 3.28. The molecule has 1 aromatic rings. The summed E-state index contributed by atoms with van der Waals surface area (Å²) in [6, 6.07) is 3.27. The van der Waals surface area contributed by atoms with Gasteiger partial charge in [-0.15, -0.1) is 0 Å². The Morgan fingerprint density at radius 3 is 2.62 bits per heavy atom. The van der Waals surface area contributed by atoms with Gasteiger partial charge >= 0.3 is 5.97 Å². The lowest BCUT2D eigenvalue weighted by Gasteiger charge is -2.09. The first-order valence-corrected chi connectivity index (χ1v) is 4.63. The van der Waals surface area contributed by atoms with Gasteiger partial charge in [0.1, 0.15) is 12.0 Å². The standard InChI is InChI=1S/C12H12O4/c1-8-5-9(7-13)6-10(12(8)16-2)3-4-11(14)15/h3-7H,1-2H3,(H,14,15)/b4-3+. The van der Waals surface area contributed by atoms with E-state index in [0.717, 1.165) is 11.6 Å². The van der Waals surface area contributed by atoms with Gasteiger partial charge < -0.3 is 9.84 Å². The fourth-order valence-corrected chi connectivity index (χ4v) is 1.46. The second-order valence-electron chi connectivity index (χ2n) is 3.25. The van der Waals surface area contributed by atoms with Crippen molar-refractivity contribution in [2.24, 2.45) is 0 Å². The number of aliphatic carboxylic acids is 1. The SMILES string of the molecule is COc1c(C)cc(C=O)cc1/C=C/C(=O)O. The predicted octanol–water partition coefficient (Wildman–Crippen LogP) is 1.91. The second kappa shape index (κ2) is 5.11. The third-order valence-corrected chi connectivity index (χ3v) is 2.07. The lowest BCUT2D eigenvalue weighted by atomic mass is 10.0. The molecule has 0 atom stereocenters. The van der Waals surface area contributed by atoms with E-state index in [-0.39, 0.29) is 0 Å². The largest absolute Gasteiger partial charge is 0.496 e. The number of benzene rings is 1. The van der Waals surface area contributed by atoms with Crippen LogP contribution < -0.4 is 4.74 Å². The van der Waals surface area contributed by atoms with Crippen molar-refractivity contribution in [1.29, 1.82) is 0 Å². The summed E-state index contributed by atoms with van der Waals surface area (Å²) in [4.78, 5) is 21.1. The molecule has 0 amide bonds. The van der Waals surface area contributed by atoms with Gasteiger partial charge in [-0.3, -0.25) is 4.79 Å². The molecule has 0 aromatic heterocycles. The highest BCUT2D eigenvalue weighted by atomic mass is 16.5. The number of rotatable bonds is 4. The molecule has 0 radical (unpaired) electrons. The monoisotopic (exact) mass is 220 g/mol. The van der Waals surface area contributed by atoms with E-state index in [4.69, 9.17) is 9.84 Å². The van der Waals surface area contributed by atoms with Crippen molar-refractivity contribution in [2.45, 2.75) is 6.92 Å². The molecule has 0 bridgehead atoms. The molecule has 4 nitrogen and oxygen atoms in total. The van der Waals surface area contributed by atoms with Crippen molar-refractivity contribution in [3.05, 3.63) is 34.9 Å². The van der Waals surface area contributed by atoms with Crippen LogP contribution >= 0.6 is 0 Å². The van der Waals surface area contributed by atoms with Gasteiger partial charge in [-0.05, 0) is 30.7 Å². The number of ether oxygens (including phenoxy) is 1. The summed E-state index contributed by atoms with van der Waals surface area (Å²) in [7, 11) is 1.50. The first-order valence-electron chi connectivity index (χ1n) is 4.63. The Hall–Kier alpha value is -2.10. The van der Waals surface area contributed by atoms with E-state index in [1.807, 2.05) is 0 Å². The molecule has 0 aliphatic rings. The van der Waals surface area contributed by atoms with Crippen molar-refractivity contribution < 1.29 is 19.4 Å². The summed E-state index contributed by atoms with van der Waals surface area (Å²) in [5.74, 6) is -0.473. The topological polar surface area (TPSA) is 63.6 Å². The minimum absolute atomic E-state index is 0.489. The molecule has 0 unspecified atom stereocenters. The molecular weight excluding hydrogens is 208 g/mol. The summed E-state index contributed by atoms with van der Waals surface area (Å²) >= 11 is 0. The number of aryl methyl sites for hydroxylation is 1. The van der Waals surface area contributed by atoms with Crippen LogP contribution in [0.1, 0.15) is 21.5 Å². The lowest BCUT2D eigenvalue weighted by Crippen LogP contribution is -1.94. The molecule has 0 saturated heterocycles. The molecule has 1 aromatic carbocycles. The van der Waals surface area contributed by atoms with Gasteiger partial charge in [0.05, 0.1) is 7.11 Å². The number of carbonyl (C=O) groups is 2. The summed E-state index contributed by atoms with van der Waals surface area (Å²) in [5.41, 5.74) is 1.85. The molecule has 0 spiro atoms. The highest BCUT2D eigenvalue weighted by Crippen LogP contribution is 2.25. The minimum atomic E-state index is -1.05. The number of aldehydes is 1. The van der Waals surface area contributed by atoms with E-state index in [1.165, 1.54) is 13.2 Å². The summed E-state index contributed by atoms with van der Waals surface area (Å²) < 4.78 is 5.15. The third kappa shape index (κ3) is 2.70. The van der Waals surface area contributed by atoms with E-state index in [9.17, 15) is 9.59 Å². The molecule has 0 aliphatic carbocycles. The quantitative estimate of drug-likeness (QED) is 0.622. The molecule has 16 heavy (non-hydrogen) atoms. The Morgan fingerprint density at radius 2 is 2.12 bits per heavy atom. The van der Waals surface area contributed by atoms with E-state index in [1.54, 1.807) is 19.1 Å². The van der Waals surface area contributed by atoms with Gasteiger partial charge in [-0.2, -0.15) is 0 Å². The van der Waals surface area contributed by atoms with E-state index in [0.29, 0.717) is 23.2 Å². The van der Waals surface area contributed by atoms with Crippen LogP contribution in [0.3, 0.4) is 0 Å². The van der Waals surface area contributed by atoms with Gasteiger partial charge in [-0.1, -0.05) is 0 Å². The zero-order valence-electron chi connectivity index (χ0n) is 9.06. The fraction of sp³-hybridized carbons (Fsp3) is 0.167. The van der Waals surface area contributed by atoms with Crippen LogP contribution in [0.25, 0.3) is 6.08 Å². The van der Waals surface area contributed by atoms with E-state index in [2.05, 4.69) is 0 Å². The second-order valence-corrected chi connectivity index (χ2v) is 3.25. The Labute approximate surface area is 93.2 Å². The van der Waals surface area contributed by atoms with Crippen molar-refractivity contribution in [3.63, 3.8) is 0 Å². The van der Waals surface area contributed by atoms with Crippen LogP contribution in [0.2, 0.25) is 0 Å². The number of carbonyl (C=O) groups excluding carboxylic acids is 1. The van der Waals surface area contributed by atoms with Crippen LogP contribution in [0, 0.1) is 6.92 Å². The van der Waals surface area contributed by atoms with Gasteiger partial charge in [0, 0.05) is 17.2 Å². The molecule has 0 saturated carbocycles. The fourth-order valence-electron chi connectivity index (χ4n) is 1.46. The average Bonchev–Trinajstić information content (AvgIpc) is 2.25. The lowest BCUT2D eigenvalue weighted by molar-refractivity contribution is -0.131. The van der Waals surface area contributed by atoms with Gasteiger partial charge in [0.2, 0.25) is 0 Å². The number of carboxylic acids is 1. The number of hydrogen-bond donors (Lipinski definition) is 1. The third-order valence-electron chi connectivity index (χ3n) is 2.07. The molecular formula is C12H12O4. The maximum atomic E-state index is 10.7. The average molecular weight is 220 g/mol. The van der Waals surface area contributed by atoms with Crippen LogP contribution in [0.5, 0.6) is 5.75 Å². The Bertz CT molecular complexity index is 447. The van der Waals surface area contributed by atoms with Crippen molar-refractivity contribution in [1.82, 2.24) is 0 Å². The van der Waals surface area contributed by atoms with Crippen LogP contribution in [-0.2, 0) is 4.79 Å². The predicted molar refractivity (Wildman–Crippen MR) is 59.8 cm³/mol. The summed E-state index contributed by atoms with van der Waals surface area (Å²) in [6.45, 7) is 1.80. The maximum absolute atomic E-state index is 10.7. The molecule has 1 rings (SSSR count). The van der Waals surface area contributed by atoms with E-state index < -0.39 is 5.97 Å². The number of methoxy groups -OCH3 is 1. The molecule has 0 heterocycles. The van der Waals surface area contributed by atoms with Crippen molar-refractivity contribution in [2.75, 3.05) is 7.11 Å². The van der Waals surface area contributed by atoms with Crippen molar-refractivity contribution >= 4 is 18.3 Å². The first-order chi connectivity index (χ1) is 7.58. The van der Waals surface area contributed by atoms with Crippen molar-refractivity contribution in [3.8, 4) is 5.75 Å². The number of carboxylic acid groups (broad SMARTS) is 1. The molecule has 0 aliphatic heterocycles. The molecule has 1 N–H and O–H groups in total. The highest BCUT2D eigenvalue weighted by Gasteiger charge is 2.06. The zero-order chi connectivity index (χ0) is 12.1. The van der Waals surface area contributed by atoms with Gasteiger partial charge in [0.25, 0.3) is 0 Å². The number of hydrogen-bond acceptors (Lipinski definition) is 3. The van der Waals surface area contributed by atoms with Crippen LogP contribution in [0.4, 0.5) is 0 Å². The van der Waals surface area contributed by atoms with Gasteiger partial charge in [0.15, 0.2) is 0 Å². The van der Waals surface area contributed by atoms with Crippen LogP contribution in [0.15, 0.2) is 18.2 Å². The maximum Gasteiger partial charge on any atom is 0.328 e. The summed E-state index contributed by atoms with van der Waals surface area (Å²) in [6.07, 6.45) is 3.12. The summed E-state index contributed by atoms with van der Waals surface area (Å²) in [5, 5.41) is 8.54. The van der Waals surface area contributed by atoms with Crippen LogP contribution in [-0.4, -0.2) is 24.5 Å². The smallest absolute Gasteiger partial charge is 0.328 e.